The molecule has 1 aromatic rings. The third kappa shape index (κ3) is 4.91. The topological polar surface area (TPSA) is 12.4 Å². The molecule has 0 saturated carbocycles. The molecule has 0 aliphatic heterocycles. The van der Waals surface area contributed by atoms with Crippen LogP contribution in [0.1, 0.15) is 50.2 Å². The van der Waals surface area contributed by atoms with E-state index in [9.17, 15) is 0 Å². The lowest BCUT2D eigenvalue weighted by Crippen LogP contribution is -1.89. The molecule has 0 aliphatic rings. The number of hydrogen-bond acceptors (Lipinski definition) is 1. The van der Waals surface area contributed by atoms with E-state index in [1.54, 1.807) is 0 Å². The van der Waals surface area contributed by atoms with Gasteiger partial charge in [-0.15, -0.1) is 0 Å². The van der Waals surface area contributed by atoms with Crippen LogP contribution in [0, 0.1) is 13.8 Å². The Kier molecular flexibility index (Phi) is 6.28. The highest BCUT2D eigenvalue weighted by atomic mass is 35.5. The number of unbranched alkanes of at least 4 members (excludes halogenated alkanes) is 3. The second kappa shape index (κ2) is 7.50. The van der Waals surface area contributed by atoms with E-state index in [4.69, 9.17) is 11.6 Å². The monoisotopic (exact) mass is 251 g/mol. The van der Waals surface area contributed by atoms with Crippen molar-refractivity contribution in [1.82, 2.24) is 0 Å². The fourth-order valence-corrected chi connectivity index (χ4v) is 2.08. The molecule has 0 unspecified atom stereocenters. The molecule has 0 heterocycles. The molecular weight excluding hydrogens is 230 g/mol. The molecular formula is C15H22ClN. The van der Waals surface area contributed by atoms with Crippen LogP contribution in [-0.4, -0.2) is 5.17 Å². The molecule has 17 heavy (non-hydrogen) atoms. The maximum Gasteiger partial charge on any atom is 0.107 e. The number of rotatable bonds is 6. The van der Waals surface area contributed by atoms with Crippen LogP contribution in [-0.2, 0) is 0 Å². The zero-order chi connectivity index (χ0) is 12.7. The number of para-hydroxylation sites is 1. The molecule has 1 aromatic carbocycles. The number of benzene rings is 1. The molecule has 0 saturated heterocycles. The standard InChI is InChI=1S/C15H22ClN/c1-4-5-6-7-11-14(16)17-15-12(2)9-8-10-13(15)3/h8-10H,4-7,11H2,1-3H3. The molecule has 0 aliphatic carbocycles. The second-order valence-electron chi connectivity index (χ2n) is 4.54. The first kappa shape index (κ1) is 14.2. The number of aryl methyl sites for hydroxylation is 2. The predicted molar refractivity (Wildman–Crippen MR) is 77.6 cm³/mol. The smallest absolute Gasteiger partial charge is 0.107 e. The molecule has 0 bridgehead atoms. The van der Waals surface area contributed by atoms with Gasteiger partial charge in [-0.25, -0.2) is 4.99 Å². The van der Waals surface area contributed by atoms with Crippen molar-refractivity contribution in [3.8, 4) is 0 Å². The van der Waals surface area contributed by atoms with Gasteiger partial charge in [-0.2, -0.15) is 0 Å². The molecule has 0 N–H and O–H groups in total. The van der Waals surface area contributed by atoms with Gasteiger partial charge in [0.1, 0.15) is 5.17 Å². The summed E-state index contributed by atoms with van der Waals surface area (Å²) in [6.45, 7) is 6.37. The van der Waals surface area contributed by atoms with Crippen molar-refractivity contribution in [1.29, 1.82) is 0 Å². The van der Waals surface area contributed by atoms with Gasteiger partial charge in [0.2, 0.25) is 0 Å². The van der Waals surface area contributed by atoms with Crippen LogP contribution in [0.2, 0.25) is 0 Å². The Hall–Kier alpha value is -0.820. The Bertz CT molecular complexity index is 362. The number of aliphatic imine (C=N–C) groups is 1. The number of nitrogens with zero attached hydrogens (tertiary/aromatic N) is 1. The zero-order valence-corrected chi connectivity index (χ0v) is 11.8. The Labute approximate surface area is 110 Å². The SMILES string of the molecule is CCCCCCC(Cl)=Nc1c(C)cccc1C. The summed E-state index contributed by atoms with van der Waals surface area (Å²) in [5.41, 5.74) is 3.42. The van der Waals surface area contributed by atoms with E-state index in [1.165, 1.54) is 30.4 Å². The summed E-state index contributed by atoms with van der Waals surface area (Å²) >= 11 is 6.19. The van der Waals surface area contributed by atoms with Gasteiger partial charge in [0, 0.05) is 6.42 Å². The minimum absolute atomic E-state index is 0.735. The van der Waals surface area contributed by atoms with Crippen molar-refractivity contribution < 1.29 is 0 Å². The Morgan fingerprint density at radius 2 is 1.76 bits per heavy atom. The summed E-state index contributed by atoms with van der Waals surface area (Å²) in [5.74, 6) is 0. The van der Waals surface area contributed by atoms with Gasteiger partial charge in [-0.3, -0.25) is 0 Å². The highest BCUT2D eigenvalue weighted by Gasteiger charge is 2.02. The lowest BCUT2D eigenvalue weighted by molar-refractivity contribution is 0.684. The molecule has 1 rings (SSSR count). The molecule has 1 nitrogen and oxygen atoms in total. The van der Waals surface area contributed by atoms with Crippen LogP contribution < -0.4 is 0 Å². The van der Waals surface area contributed by atoms with Crippen LogP contribution in [0.3, 0.4) is 0 Å². The first-order valence-electron chi connectivity index (χ1n) is 6.44. The maximum atomic E-state index is 6.19. The van der Waals surface area contributed by atoms with Gasteiger partial charge >= 0.3 is 0 Å². The Morgan fingerprint density at radius 3 is 2.35 bits per heavy atom. The van der Waals surface area contributed by atoms with Crippen molar-refractivity contribution in [2.75, 3.05) is 0 Å². The van der Waals surface area contributed by atoms with E-state index in [-0.39, 0.29) is 0 Å². The first-order valence-corrected chi connectivity index (χ1v) is 6.82. The lowest BCUT2D eigenvalue weighted by Gasteiger charge is -2.05. The number of hydrogen-bond donors (Lipinski definition) is 0. The van der Waals surface area contributed by atoms with Gasteiger partial charge in [0.15, 0.2) is 0 Å². The minimum Gasteiger partial charge on any atom is -0.241 e. The van der Waals surface area contributed by atoms with Crippen molar-refractivity contribution in [2.24, 2.45) is 4.99 Å². The fourth-order valence-electron chi connectivity index (χ4n) is 1.86. The average Bonchev–Trinajstić information content (AvgIpc) is 2.30. The first-order chi connectivity index (χ1) is 8.15. The van der Waals surface area contributed by atoms with E-state index in [0.29, 0.717) is 0 Å². The summed E-state index contributed by atoms with van der Waals surface area (Å²) in [4.78, 5) is 4.54. The highest BCUT2D eigenvalue weighted by Crippen LogP contribution is 2.24. The van der Waals surface area contributed by atoms with E-state index < -0.39 is 0 Å². The Morgan fingerprint density at radius 1 is 1.12 bits per heavy atom. The average molecular weight is 252 g/mol. The maximum absolute atomic E-state index is 6.19. The van der Waals surface area contributed by atoms with Crippen molar-refractivity contribution in [3.05, 3.63) is 29.3 Å². The summed E-state index contributed by atoms with van der Waals surface area (Å²) in [7, 11) is 0. The van der Waals surface area contributed by atoms with Gasteiger partial charge in [0.25, 0.3) is 0 Å². The van der Waals surface area contributed by atoms with Gasteiger partial charge in [-0.05, 0) is 31.4 Å². The molecule has 0 spiro atoms. The van der Waals surface area contributed by atoms with E-state index in [2.05, 4.69) is 44.0 Å². The van der Waals surface area contributed by atoms with Crippen LogP contribution in [0.15, 0.2) is 23.2 Å². The van der Waals surface area contributed by atoms with Crippen LogP contribution in [0.4, 0.5) is 5.69 Å². The molecule has 0 atom stereocenters. The van der Waals surface area contributed by atoms with Crippen LogP contribution in [0.5, 0.6) is 0 Å². The third-order valence-corrected chi connectivity index (χ3v) is 3.18. The van der Waals surface area contributed by atoms with Crippen LogP contribution in [0.25, 0.3) is 0 Å². The van der Waals surface area contributed by atoms with E-state index in [1.807, 2.05) is 0 Å². The van der Waals surface area contributed by atoms with E-state index in [0.717, 1.165) is 23.7 Å². The van der Waals surface area contributed by atoms with Crippen LogP contribution >= 0.6 is 11.6 Å². The summed E-state index contributed by atoms with van der Waals surface area (Å²) in [6, 6.07) is 6.21. The quantitative estimate of drug-likeness (QED) is 0.465. The molecule has 0 amide bonds. The molecule has 94 valence electrons. The van der Waals surface area contributed by atoms with Gasteiger partial charge in [-0.1, -0.05) is 56.0 Å². The second-order valence-corrected chi connectivity index (χ2v) is 4.98. The number of halogens is 1. The molecule has 0 radical (unpaired) electrons. The highest BCUT2D eigenvalue weighted by molar-refractivity contribution is 6.65. The van der Waals surface area contributed by atoms with Crippen molar-refractivity contribution >= 4 is 22.5 Å². The largest absolute Gasteiger partial charge is 0.241 e. The Balaban J connectivity index is 2.61. The normalized spacial score (nSPS) is 11.9. The van der Waals surface area contributed by atoms with Crippen molar-refractivity contribution in [2.45, 2.75) is 52.9 Å². The van der Waals surface area contributed by atoms with E-state index >= 15 is 0 Å². The summed E-state index contributed by atoms with van der Waals surface area (Å²) in [6.07, 6.45) is 5.82. The molecule has 0 aromatic heterocycles. The summed E-state index contributed by atoms with van der Waals surface area (Å²) < 4.78 is 0. The minimum atomic E-state index is 0.735. The van der Waals surface area contributed by atoms with Crippen molar-refractivity contribution in [3.63, 3.8) is 0 Å². The fraction of sp³-hybridized carbons (Fsp3) is 0.533. The summed E-state index contributed by atoms with van der Waals surface area (Å²) in [5, 5.41) is 0.735. The van der Waals surface area contributed by atoms with Gasteiger partial charge < -0.3 is 0 Å². The van der Waals surface area contributed by atoms with Gasteiger partial charge in [0.05, 0.1) is 5.69 Å². The lowest BCUT2D eigenvalue weighted by atomic mass is 10.1. The third-order valence-electron chi connectivity index (χ3n) is 2.91. The predicted octanol–water partition coefficient (Wildman–Crippen LogP) is 5.54. The zero-order valence-electron chi connectivity index (χ0n) is 11.1. The molecule has 0 fully saturated rings. The molecule has 2 heteroatoms.